The number of rotatable bonds is 8. The number of likely N-dealkylation sites (tertiary alicyclic amines) is 1. The van der Waals surface area contributed by atoms with Gasteiger partial charge in [-0.2, -0.15) is 0 Å². The molecule has 0 spiro atoms. The number of hydrogen-bond donors (Lipinski definition) is 1. The SMILES string of the molecule is C[C@@H](NCC1CCN(CCc2ccccc2)CC1c1ccccc1)c1cccc2ccccc12. The number of nitrogens with zero attached hydrogens (tertiary/aromatic N) is 1. The van der Waals surface area contributed by atoms with Gasteiger partial charge in [0.2, 0.25) is 0 Å². The van der Waals surface area contributed by atoms with Gasteiger partial charge in [-0.05, 0) is 66.2 Å². The summed E-state index contributed by atoms with van der Waals surface area (Å²) in [6, 6.07) is 37.8. The van der Waals surface area contributed by atoms with E-state index in [1.807, 2.05) is 0 Å². The second-order valence-electron chi connectivity index (χ2n) is 9.80. The van der Waals surface area contributed by atoms with E-state index in [2.05, 4.69) is 120 Å². The Bertz CT molecular complexity index is 1170. The summed E-state index contributed by atoms with van der Waals surface area (Å²) in [4.78, 5) is 2.68. The Labute approximate surface area is 204 Å². The molecule has 1 saturated heterocycles. The van der Waals surface area contributed by atoms with Crippen molar-refractivity contribution in [2.75, 3.05) is 26.2 Å². The van der Waals surface area contributed by atoms with Crippen molar-refractivity contribution in [2.24, 2.45) is 5.92 Å². The molecule has 4 aromatic rings. The summed E-state index contributed by atoms with van der Waals surface area (Å²) in [5.74, 6) is 1.21. The molecule has 2 unspecified atom stereocenters. The van der Waals surface area contributed by atoms with Gasteiger partial charge in [0.25, 0.3) is 0 Å². The molecule has 0 saturated carbocycles. The fraction of sp³-hybridized carbons (Fsp3) is 0.312. The maximum Gasteiger partial charge on any atom is 0.0298 e. The smallest absolute Gasteiger partial charge is 0.0298 e. The van der Waals surface area contributed by atoms with E-state index in [0.29, 0.717) is 17.9 Å². The largest absolute Gasteiger partial charge is 0.310 e. The first kappa shape index (κ1) is 22.8. The van der Waals surface area contributed by atoms with E-state index >= 15 is 0 Å². The van der Waals surface area contributed by atoms with Crippen molar-refractivity contribution in [2.45, 2.75) is 31.7 Å². The van der Waals surface area contributed by atoms with Gasteiger partial charge in [-0.25, -0.2) is 0 Å². The van der Waals surface area contributed by atoms with E-state index in [-0.39, 0.29) is 0 Å². The summed E-state index contributed by atoms with van der Waals surface area (Å²) in [5.41, 5.74) is 4.32. The minimum Gasteiger partial charge on any atom is -0.310 e. The monoisotopic (exact) mass is 448 g/mol. The van der Waals surface area contributed by atoms with Crippen LogP contribution < -0.4 is 5.32 Å². The van der Waals surface area contributed by atoms with Crippen LogP contribution in [0.1, 0.15) is 42.0 Å². The van der Waals surface area contributed by atoms with Crippen LogP contribution in [0.15, 0.2) is 103 Å². The third-order valence-electron chi connectivity index (χ3n) is 7.60. The van der Waals surface area contributed by atoms with Gasteiger partial charge in [0.05, 0.1) is 0 Å². The number of hydrogen-bond acceptors (Lipinski definition) is 2. The minimum absolute atomic E-state index is 0.332. The van der Waals surface area contributed by atoms with Gasteiger partial charge in [0, 0.05) is 25.0 Å². The highest BCUT2D eigenvalue weighted by Crippen LogP contribution is 2.33. The van der Waals surface area contributed by atoms with Crippen LogP contribution >= 0.6 is 0 Å². The molecule has 0 radical (unpaired) electrons. The van der Waals surface area contributed by atoms with Gasteiger partial charge < -0.3 is 10.2 Å². The molecule has 2 heteroatoms. The van der Waals surface area contributed by atoms with Crippen molar-refractivity contribution in [1.29, 1.82) is 0 Å². The highest BCUT2D eigenvalue weighted by atomic mass is 15.1. The first-order valence-electron chi connectivity index (χ1n) is 12.8. The molecular formula is C32H36N2. The minimum atomic E-state index is 0.332. The Morgan fingerprint density at radius 3 is 2.35 bits per heavy atom. The predicted octanol–water partition coefficient (Wildman–Crippen LogP) is 6.84. The Kier molecular flexibility index (Phi) is 7.38. The average molecular weight is 449 g/mol. The summed E-state index contributed by atoms with van der Waals surface area (Å²) >= 11 is 0. The summed E-state index contributed by atoms with van der Waals surface area (Å²) in [6.45, 7) is 6.83. The van der Waals surface area contributed by atoms with E-state index in [4.69, 9.17) is 0 Å². The highest BCUT2D eigenvalue weighted by molar-refractivity contribution is 5.86. The van der Waals surface area contributed by atoms with Crippen LogP contribution in [0.4, 0.5) is 0 Å². The maximum atomic E-state index is 3.91. The molecule has 1 heterocycles. The van der Waals surface area contributed by atoms with Gasteiger partial charge in [-0.3, -0.25) is 0 Å². The third kappa shape index (κ3) is 5.41. The molecule has 1 aliphatic rings. The molecule has 1 N–H and O–H groups in total. The Hall–Kier alpha value is -2.94. The van der Waals surface area contributed by atoms with E-state index in [1.165, 1.54) is 40.4 Å². The van der Waals surface area contributed by atoms with Crippen molar-refractivity contribution in [3.05, 3.63) is 120 Å². The second-order valence-corrected chi connectivity index (χ2v) is 9.80. The standard InChI is InChI=1S/C32H36N2/c1-25(30-18-10-16-27-15-8-9-17-31(27)30)33-23-29-20-22-34(21-19-26-11-4-2-5-12-26)24-32(29)28-13-6-3-7-14-28/h2-18,25,29,32-33H,19-24H2,1H3/t25-,29?,32?/m1/s1. The average Bonchev–Trinajstić information content (AvgIpc) is 2.91. The molecule has 1 aliphatic heterocycles. The fourth-order valence-corrected chi connectivity index (χ4v) is 5.59. The molecule has 0 aliphatic carbocycles. The van der Waals surface area contributed by atoms with Gasteiger partial charge in [-0.1, -0.05) is 103 Å². The maximum absolute atomic E-state index is 3.91. The zero-order valence-corrected chi connectivity index (χ0v) is 20.2. The van der Waals surface area contributed by atoms with Crippen LogP contribution in [0.25, 0.3) is 10.8 Å². The molecule has 2 nitrogen and oxygen atoms in total. The number of piperidine rings is 1. The van der Waals surface area contributed by atoms with Crippen LogP contribution in [-0.4, -0.2) is 31.1 Å². The number of nitrogens with one attached hydrogen (secondary N) is 1. The molecule has 1 fully saturated rings. The van der Waals surface area contributed by atoms with Crippen molar-refractivity contribution < 1.29 is 0 Å². The van der Waals surface area contributed by atoms with E-state index in [1.54, 1.807) is 0 Å². The van der Waals surface area contributed by atoms with Gasteiger partial charge >= 0.3 is 0 Å². The molecule has 3 atom stereocenters. The lowest BCUT2D eigenvalue weighted by Crippen LogP contribution is -2.43. The number of fused-ring (bicyclic) bond motifs is 1. The van der Waals surface area contributed by atoms with Crippen LogP contribution in [0.5, 0.6) is 0 Å². The van der Waals surface area contributed by atoms with Crippen LogP contribution in [0.3, 0.4) is 0 Å². The molecule has 34 heavy (non-hydrogen) atoms. The predicted molar refractivity (Wildman–Crippen MR) is 144 cm³/mol. The van der Waals surface area contributed by atoms with Crippen LogP contribution in [-0.2, 0) is 6.42 Å². The van der Waals surface area contributed by atoms with Crippen LogP contribution in [0.2, 0.25) is 0 Å². The lowest BCUT2D eigenvalue weighted by atomic mass is 9.80. The molecule has 0 aromatic heterocycles. The van der Waals surface area contributed by atoms with E-state index in [9.17, 15) is 0 Å². The van der Waals surface area contributed by atoms with Crippen LogP contribution in [0, 0.1) is 5.92 Å². The quantitative estimate of drug-likeness (QED) is 0.317. The Balaban J connectivity index is 1.26. The van der Waals surface area contributed by atoms with Gasteiger partial charge in [-0.15, -0.1) is 0 Å². The molecule has 0 amide bonds. The summed E-state index contributed by atoms with van der Waals surface area (Å²) < 4.78 is 0. The number of benzene rings is 4. The molecule has 4 aromatic carbocycles. The van der Waals surface area contributed by atoms with Crippen molar-refractivity contribution in [1.82, 2.24) is 10.2 Å². The summed E-state index contributed by atoms with van der Waals surface area (Å²) in [5, 5.41) is 6.60. The lowest BCUT2D eigenvalue weighted by molar-refractivity contribution is 0.156. The summed E-state index contributed by atoms with van der Waals surface area (Å²) in [7, 11) is 0. The lowest BCUT2D eigenvalue weighted by Gasteiger charge is -2.39. The molecule has 174 valence electrons. The fourth-order valence-electron chi connectivity index (χ4n) is 5.59. The second kappa shape index (κ2) is 11.0. The normalized spacial score (nSPS) is 19.8. The molecule has 0 bridgehead atoms. The first-order valence-corrected chi connectivity index (χ1v) is 12.8. The topological polar surface area (TPSA) is 15.3 Å². The van der Waals surface area contributed by atoms with Crippen molar-refractivity contribution >= 4 is 10.8 Å². The van der Waals surface area contributed by atoms with E-state index < -0.39 is 0 Å². The van der Waals surface area contributed by atoms with Crippen molar-refractivity contribution in [3.63, 3.8) is 0 Å². The summed E-state index contributed by atoms with van der Waals surface area (Å²) in [6.07, 6.45) is 2.37. The zero-order valence-electron chi connectivity index (χ0n) is 20.2. The van der Waals surface area contributed by atoms with Gasteiger partial charge in [0.15, 0.2) is 0 Å². The Morgan fingerprint density at radius 1 is 0.824 bits per heavy atom. The molecule has 5 rings (SSSR count). The first-order chi connectivity index (χ1) is 16.8. The molecular weight excluding hydrogens is 412 g/mol. The van der Waals surface area contributed by atoms with Crippen molar-refractivity contribution in [3.8, 4) is 0 Å². The van der Waals surface area contributed by atoms with Gasteiger partial charge in [0.1, 0.15) is 0 Å². The third-order valence-corrected chi connectivity index (χ3v) is 7.60. The highest BCUT2D eigenvalue weighted by Gasteiger charge is 2.30. The van der Waals surface area contributed by atoms with E-state index in [0.717, 1.165) is 26.1 Å². The zero-order chi connectivity index (χ0) is 23.2. The Morgan fingerprint density at radius 2 is 1.53 bits per heavy atom.